The van der Waals surface area contributed by atoms with E-state index in [4.69, 9.17) is 11.6 Å². The molecule has 0 spiro atoms. The summed E-state index contributed by atoms with van der Waals surface area (Å²) >= 11 is 5.77. The Balaban J connectivity index is 1.92. The zero-order valence-electron chi connectivity index (χ0n) is 10.1. The molecule has 92 valence electrons. The molecule has 0 N–H and O–H groups in total. The van der Waals surface area contributed by atoms with E-state index in [1.807, 2.05) is 0 Å². The van der Waals surface area contributed by atoms with Crippen molar-refractivity contribution in [3.63, 3.8) is 0 Å². The van der Waals surface area contributed by atoms with Crippen LogP contribution in [0.25, 0.3) is 0 Å². The lowest BCUT2D eigenvalue weighted by atomic mass is 9.92. The molecule has 0 heterocycles. The Morgan fingerprint density at radius 1 is 1.06 bits per heavy atom. The molecule has 0 radical (unpaired) electrons. The first-order chi connectivity index (χ1) is 8.28. The average Bonchev–Trinajstić information content (AvgIpc) is 2.56. The fourth-order valence-corrected chi connectivity index (χ4v) is 2.70. The Labute approximate surface area is 108 Å². The van der Waals surface area contributed by atoms with Crippen molar-refractivity contribution in [2.45, 2.75) is 44.4 Å². The van der Waals surface area contributed by atoms with E-state index in [1.54, 1.807) is 0 Å². The van der Waals surface area contributed by atoms with Gasteiger partial charge in [0.2, 0.25) is 0 Å². The quantitative estimate of drug-likeness (QED) is 0.583. The second-order valence-electron chi connectivity index (χ2n) is 4.99. The van der Waals surface area contributed by atoms with Crippen molar-refractivity contribution in [1.29, 1.82) is 0 Å². The van der Waals surface area contributed by atoms with E-state index in [0.29, 0.717) is 17.6 Å². The van der Waals surface area contributed by atoms with Crippen LogP contribution < -0.4 is 0 Å². The van der Waals surface area contributed by atoms with E-state index < -0.39 is 0 Å². The van der Waals surface area contributed by atoms with Gasteiger partial charge >= 0.3 is 0 Å². The van der Waals surface area contributed by atoms with Gasteiger partial charge < -0.3 is 0 Å². The summed E-state index contributed by atoms with van der Waals surface area (Å²) < 4.78 is 0. The Kier molecular flexibility index (Phi) is 4.61. The highest BCUT2D eigenvalue weighted by Gasteiger charge is 2.16. The molecule has 1 saturated carbocycles. The molecule has 17 heavy (non-hydrogen) atoms. The molecule has 1 aliphatic carbocycles. The van der Waals surface area contributed by atoms with Crippen LogP contribution in [0.15, 0.2) is 24.3 Å². The van der Waals surface area contributed by atoms with E-state index in [-0.39, 0.29) is 0 Å². The maximum atomic E-state index is 11.3. The van der Waals surface area contributed by atoms with Crippen LogP contribution in [-0.2, 0) is 17.1 Å². The third-order valence-electron chi connectivity index (χ3n) is 3.60. The monoisotopic (exact) mass is 250 g/mol. The fourth-order valence-electron chi connectivity index (χ4n) is 2.52. The summed E-state index contributed by atoms with van der Waals surface area (Å²) in [6.45, 7) is 0. The van der Waals surface area contributed by atoms with E-state index in [0.717, 1.165) is 32.1 Å². The van der Waals surface area contributed by atoms with Crippen molar-refractivity contribution in [2.75, 3.05) is 0 Å². The second kappa shape index (κ2) is 6.20. The smallest absolute Gasteiger partial charge is 0.132 e. The molecule has 0 saturated heterocycles. The molecule has 0 aromatic heterocycles. The van der Waals surface area contributed by atoms with Crippen LogP contribution in [0.1, 0.15) is 43.2 Å². The number of hydrogen-bond donors (Lipinski definition) is 0. The first-order valence-electron chi connectivity index (χ1n) is 6.43. The number of ketones is 1. The lowest BCUT2D eigenvalue weighted by Crippen LogP contribution is -2.03. The molecular formula is C15H19ClO. The van der Waals surface area contributed by atoms with Crippen LogP contribution in [0.4, 0.5) is 0 Å². The van der Waals surface area contributed by atoms with Crippen molar-refractivity contribution >= 4 is 17.4 Å². The third-order valence-corrected chi connectivity index (χ3v) is 3.91. The lowest BCUT2D eigenvalue weighted by molar-refractivity contribution is -0.118. The van der Waals surface area contributed by atoms with Gasteiger partial charge in [0.1, 0.15) is 5.78 Å². The Bertz CT molecular complexity index is 369. The van der Waals surface area contributed by atoms with Gasteiger partial charge in [-0.2, -0.15) is 0 Å². The maximum absolute atomic E-state index is 11.3. The van der Waals surface area contributed by atoms with E-state index in [1.165, 1.54) is 17.5 Å². The first kappa shape index (κ1) is 12.6. The van der Waals surface area contributed by atoms with Crippen LogP contribution in [0.2, 0.25) is 0 Å². The highest BCUT2D eigenvalue weighted by molar-refractivity contribution is 6.17. The average molecular weight is 251 g/mol. The molecule has 2 heteroatoms. The summed E-state index contributed by atoms with van der Waals surface area (Å²) in [5.74, 6) is 1.71. The van der Waals surface area contributed by atoms with Crippen molar-refractivity contribution in [1.82, 2.24) is 0 Å². The van der Waals surface area contributed by atoms with Gasteiger partial charge in [0.15, 0.2) is 0 Å². The van der Waals surface area contributed by atoms with Crippen LogP contribution in [0.5, 0.6) is 0 Å². The summed E-state index contributed by atoms with van der Waals surface area (Å²) in [6, 6.07) is 8.54. The zero-order chi connectivity index (χ0) is 12.1. The molecule has 1 fully saturated rings. The minimum atomic E-state index is 0.449. The SMILES string of the molecule is O=C1CCCC(Cc2ccc(CCl)cc2)CC1. The van der Waals surface area contributed by atoms with Crippen LogP contribution in [0.3, 0.4) is 0 Å². The number of carbonyl (C=O) groups is 1. The Morgan fingerprint density at radius 3 is 2.47 bits per heavy atom. The summed E-state index contributed by atoms with van der Waals surface area (Å²) in [4.78, 5) is 11.3. The summed E-state index contributed by atoms with van der Waals surface area (Å²) in [6.07, 6.45) is 6.02. The van der Waals surface area contributed by atoms with Gasteiger partial charge in [0.05, 0.1) is 0 Å². The van der Waals surface area contributed by atoms with Crippen molar-refractivity contribution < 1.29 is 4.79 Å². The number of carbonyl (C=O) groups excluding carboxylic acids is 1. The molecule has 1 nitrogen and oxygen atoms in total. The minimum absolute atomic E-state index is 0.449. The van der Waals surface area contributed by atoms with Gasteiger partial charge in [-0.1, -0.05) is 24.3 Å². The molecule has 1 aromatic carbocycles. The number of rotatable bonds is 3. The third kappa shape index (κ3) is 3.85. The van der Waals surface area contributed by atoms with E-state index in [9.17, 15) is 4.79 Å². The number of hydrogen-bond acceptors (Lipinski definition) is 1. The van der Waals surface area contributed by atoms with Crippen LogP contribution in [-0.4, -0.2) is 5.78 Å². The van der Waals surface area contributed by atoms with E-state index in [2.05, 4.69) is 24.3 Å². The van der Waals surface area contributed by atoms with Gasteiger partial charge in [0, 0.05) is 18.7 Å². The Morgan fingerprint density at radius 2 is 1.76 bits per heavy atom. The van der Waals surface area contributed by atoms with Crippen molar-refractivity contribution in [3.05, 3.63) is 35.4 Å². The second-order valence-corrected chi connectivity index (χ2v) is 5.26. The molecular weight excluding hydrogens is 232 g/mol. The number of benzene rings is 1. The number of halogens is 1. The van der Waals surface area contributed by atoms with Crippen LogP contribution >= 0.6 is 11.6 Å². The van der Waals surface area contributed by atoms with Gasteiger partial charge in [-0.3, -0.25) is 4.79 Å². The molecule has 1 aromatic rings. The number of Topliss-reactive ketones (excluding diaryl/α,β-unsaturated/α-hetero) is 1. The molecule has 0 aliphatic heterocycles. The molecule has 0 bridgehead atoms. The summed E-state index contributed by atoms with van der Waals surface area (Å²) in [5, 5.41) is 0. The summed E-state index contributed by atoms with van der Waals surface area (Å²) in [7, 11) is 0. The minimum Gasteiger partial charge on any atom is -0.300 e. The van der Waals surface area contributed by atoms with Gasteiger partial charge in [-0.05, 0) is 42.7 Å². The first-order valence-corrected chi connectivity index (χ1v) is 6.97. The molecule has 2 rings (SSSR count). The predicted molar refractivity (Wildman–Crippen MR) is 71.3 cm³/mol. The van der Waals surface area contributed by atoms with Gasteiger partial charge in [-0.15, -0.1) is 11.6 Å². The van der Waals surface area contributed by atoms with Crippen molar-refractivity contribution in [3.8, 4) is 0 Å². The normalized spacial score (nSPS) is 21.2. The molecule has 1 unspecified atom stereocenters. The molecule has 1 aliphatic rings. The topological polar surface area (TPSA) is 17.1 Å². The van der Waals surface area contributed by atoms with E-state index >= 15 is 0 Å². The zero-order valence-corrected chi connectivity index (χ0v) is 10.9. The predicted octanol–water partition coefficient (Wildman–Crippen LogP) is 4.12. The van der Waals surface area contributed by atoms with Gasteiger partial charge in [0.25, 0.3) is 0 Å². The molecule has 0 amide bonds. The fraction of sp³-hybridized carbons (Fsp3) is 0.533. The highest BCUT2D eigenvalue weighted by Crippen LogP contribution is 2.24. The number of alkyl halides is 1. The van der Waals surface area contributed by atoms with Crippen molar-refractivity contribution in [2.24, 2.45) is 5.92 Å². The summed E-state index contributed by atoms with van der Waals surface area (Å²) in [5.41, 5.74) is 2.55. The van der Waals surface area contributed by atoms with Crippen LogP contribution in [0, 0.1) is 5.92 Å². The standard InChI is InChI=1S/C15H19ClO/c16-11-14-6-4-13(5-7-14)10-12-2-1-3-15(17)9-8-12/h4-7,12H,1-3,8-11H2. The maximum Gasteiger partial charge on any atom is 0.132 e. The Hall–Kier alpha value is -0.820. The lowest BCUT2D eigenvalue weighted by Gasteiger charge is -2.13. The van der Waals surface area contributed by atoms with Gasteiger partial charge in [-0.25, -0.2) is 0 Å². The highest BCUT2D eigenvalue weighted by atomic mass is 35.5. The largest absolute Gasteiger partial charge is 0.300 e. The molecule has 1 atom stereocenters.